The summed E-state index contributed by atoms with van der Waals surface area (Å²) in [5.74, 6) is -0.0252. The van der Waals surface area contributed by atoms with Crippen LogP contribution in [-0.2, 0) is 0 Å². The van der Waals surface area contributed by atoms with Gasteiger partial charge in [-0.05, 0) is 31.5 Å². The van der Waals surface area contributed by atoms with E-state index in [0.717, 1.165) is 5.56 Å². The zero-order valence-electron chi connectivity index (χ0n) is 11.2. The first-order chi connectivity index (χ1) is 9.04. The van der Waals surface area contributed by atoms with Gasteiger partial charge in [0.05, 0.1) is 24.6 Å². The SMILES string of the molecule is C/C(=N\O)c1cc(C)cc(N(CCO)CCO)c1O. The van der Waals surface area contributed by atoms with Crippen LogP contribution in [-0.4, -0.2) is 52.5 Å². The molecular formula is C13H20N2O4. The van der Waals surface area contributed by atoms with E-state index in [4.69, 9.17) is 15.4 Å². The number of hydrogen-bond acceptors (Lipinski definition) is 6. The maximum atomic E-state index is 10.2. The second kappa shape index (κ2) is 6.96. The molecule has 106 valence electrons. The van der Waals surface area contributed by atoms with Crippen molar-refractivity contribution < 1.29 is 20.5 Å². The molecular weight excluding hydrogens is 248 g/mol. The van der Waals surface area contributed by atoms with Crippen molar-refractivity contribution in [2.45, 2.75) is 13.8 Å². The quantitative estimate of drug-likeness (QED) is 0.346. The maximum absolute atomic E-state index is 10.2. The van der Waals surface area contributed by atoms with Crippen molar-refractivity contribution in [2.24, 2.45) is 5.16 Å². The first kappa shape index (κ1) is 15.3. The highest BCUT2D eigenvalue weighted by Gasteiger charge is 2.16. The summed E-state index contributed by atoms with van der Waals surface area (Å²) >= 11 is 0. The Bertz CT molecular complexity index is 454. The van der Waals surface area contributed by atoms with E-state index in [1.165, 1.54) is 0 Å². The second-order valence-electron chi connectivity index (χ2n) is 4.30. The third-order valence-electron chi connectivity index (χ3n) is 2.85. The van der Waals surface area contributed by atoms with Crippen molar-refractivity contribution in [1.29, 1.82) is 0 Å². The van der Waals surface area contributed by atoms with Crippen LogP contribution in [0.1, 0.15) is 18.1 Å². The molecule has 6 nitrogen and oxygen atoms in total. The highest BCUT2D eigenvalue weighted by molar-refractivity contribution is 6.02. The molecule has 0 bridgehead atoms. The van der Waals surface area contributed by atoms with E-state index in [0.29, 0.717) is 30.1 Å². The fourth-order valence-electron chi connectivity index (χ4n) is 1.92. The minimum atomic E-state index is -0.0875. The molecule has 0 aliphatic rings. The van der Waals surface area contributed by atoms with E-state index in [1.54, 1.807) is 24.0 Å². The monoisotopic (exact) mass is 268 g/mol. The Hall–Kier alpha value is -1.79. The molecule has 0 atom stereocenters. The lowest BCUT2D eigenvalue weighted by molar-refractivity contribution is 0.280. The minimum absolute atomic E-state index is 0.0252. The van der Waals surface area contributed by atoms with Crippen molar-refractivity contribution in [3.8, 4) is 5.75 Å². The summed E-state index contributed by atoms with van der Waals surface area (Å²) in [6, 6.07) is 3.47. The molecule has 1 rings (SSSR count). The Kier molecular flexibility index (Phi) is 5.59. The van der Waals surface area contributed by atoms with Crippen molar-refractivity contribution in [2.75, 3.05) is 31.2 Å². The number of aromatic hydroxyl groups is 1. The Labute approximate surface area is 112 Å². The van der Waals surface area contributed by atoms with E-state index in [1.807, 2.05) is 6.92 Å². The first-order valence-corrected chi connectivity index (χ1v) is 6.04. The molecule has 0 saturated heterocycles. The second-order valence-corrected chi connectivity index (χ2v) is 4.30. The smallest absolute Gasteiger partial charge is 0.148 e. The van der Waals surface area contributed by atoms with Gasteiger partial charge in [-0.15, -0.1) is 0 Å². The Morgan fingerprint density at radius 1 is 1.21 bits per heavy atom. The third-order valence-corrected chi connectivity index (χ3v) is 2.85. The number of benzene rings is 1. The van der Waals surface area contributed by atoms with Gasteiger partial charge in [-0.3, -0.25) is 0 Å². The predicted molar refractivity (Wildman–Crippen MR) is 73.2 cm³/mol. The Morgan fingerprint density at radius 2 is 1.79 bits per heavy atom. The Balaban J connectivity index is 3.29. The van der Waals surface area contributed by atoms with Crippen LogP contribution in [0.2, 0.25) is 0 Å². The van der Waals surface area contributed by atoms with Crippen LogP contribution in [0.15, 0.2) is 17.3 Å². The van der Waals surface area contributed by atoms with Gasteiger partial charge in [-0.1, -0.05) is 5.16 Å². The largest absolute Gasteiger partial charge is 0.505 e. The van der Waals surface area contributed by atoms with Gasteiger partial charge in [0, 0.05) is 18.7 Å². The molecule has 1 aromatic rings. The number of aliphatic hydroxyl groups excluding tert-OH is 2. The molecule has 6 heteroatoms. The van der Waals surface area contributed by atoms with Crippen LogP contribution < -0.4 is 4.90 Å². The predicted octanol–water partition coefficient (Wildman–Crippen LogP) is 0.690. The fourth-order valence-corrected chi connectivity index (χ4v) is 1.92. The van der Waals surface area contributed by atoms with Crippen molar-refractivity contribution in [1.82, 2.24) is 0 Å². The number of nitrogens with zero attached hydrogens (tertiary/aromatic N) is 2. The van der Waals surface area contributed by atoms with E-state index in [-0.39, 0.29) is 19.0 Å². The summed E-state index contributed by atoms with van der Waals surface area (Å²) in [6.07, 6.45) is 0. The van der Waals surface area contributed by atoms with Gasteiger partial charge >= 0.3 is 0 Å². The normalized spacial score (nSPS) is 11.7. The summed E-state index contributed by atoms with van der Waals surface area (Å²) in [5, 5.41) is 40.2. The fraction of sp³-hybridized carbons (Fsp3) is 0.462. The molecule has 0 aliphatic heterocycles. The van der Waals surface area contributed by atoms with Gasteiger partial charge in [-0.2, -0.15) is 0 Å². The number of anilines is 1. The zero-order valence-corrected chi connectivity index (χ0v) is 11.2. The molecule has 0 saturated carbocycles. The molecule has 4 N–H and O–H groups in total. The van der Waals surface area contributed by atoms with E-state index < -0.39 is 0 Å². The summed E-state index contributed by atoms with van der Waals surface area (Å²) in [4.78, 5) is 1.68. The molecule has 0 unspecified atom stereocenters. The molecule has 1 aromatic carbocycles. The standard InChI is InChI=1S/C13H20N2O4/c1-9-7-11(10(2)14-19)13(18)12(8-9)15(3-5-16)4-6-17/h7-8,16-19H,3-6H2,1-2H3/b14-10+. The molecule has 0 aromatic heterocycles. The van der Waals surface area contributed by atoms with Gasteiger partial charge in [0.2, 0.25) is 0 Å². The summed E-state index contributed by atoms with van der Waals surface area (Å²) < 4.78 is 0. The number of aryl methyl sites for hydroxylation is 1. The van der Waals surface area contributed by atoms with Crippen LogP contribution in [0.3, 0.4) is 0 Å². The lowest BCUT2D eigenvalue weighted by atomic mass is 10.0. The van der Waals surface area contributed by atoms with Crippen LogP contribution in [0.25, 0.3) is 0 Å². The van der Waals surface area contributed by atoms with Crippen molar-refractivity contribution in [3.05, 3.63) is 23.3 Å². The van der Waals surface area contributed by atoms with Gasteiger partial charge in [0.25, 0.3) is 0 Å². The summed E-state index contributed by atoms with van der Waals surface area (Å²) in [7, 11) is 0. The molecule has 0 spiro atoms. The maximum Gasteiger partial charge on any atom is 0.148 e. The van der Waals surface area contributed by atoms with Crippen molar-refractivity contribution in [3.63, 3.8) is 0 Å². The number of rotatable bonds is 6. The zero-order chi connectivity index (χ0) is 14.4. The lowest BCUT2D eigenvalue weighted by Gasteiger charge is -2.25. The number of oxime groups is 1. The van der Waals surface area contributed by atoms with Crippen LogP contribution in [0.4, 0.5) is 5.69 Å². The van der Waals surface area contributed by atoms with Gasteiger partial charge in [0.15, 0.2) is 0 Å². The molecule has 0 heterocycles. The summed E-state index contributed by atoms with van der Waals surface area (Å²) in [6.45, 7) is 3.86. The lowest BCUT2D eigenvalue weighted by Crippen LogP contribution is -2.30. The number of phenolic OH excluding ortho intramolecular Hbond substituents is 1. The molecule has 0 amide bonds. The van der Waals surface area contributed by atoms with Gasteiger partial charge in [-0.25, -0.2) is 0 Å². The van der Waals surface area contributed by atoms with Crippen LogP contribution in [0, 0.1) is 6.92 Å². The average Bonchev–Trinajstić information content (AvgIpc) is 2.40. The van der Waals surface area contributed by atoms with Gasteiger partial charge in [0.1, 0.15) is 5.75 Å². The number of aliphatic hydroxyl groups is 2. The van der Waals surface area contributed by atoms with E-state index in [9.17, 15) is 5.11 Å². The summed E-state index contributed by atoms with van der Waals surface area (Å²) in [5.41, 5.74) is 2.11. The minimum Gasteiger partial charge on any atom is -0.505 e. The third kappa shape index (κ3) is 3.59. The molecule has 19 heavy (non-hydrogen) atoms. The van der Waals surface area contributed by atoms with E-state index in [2.05, 4.69) is 5.16 Å². The van der Waals surface area contributed by atoms with Crippen LogP contribution in [0.5, 0.6) is 5.75 Å². The molecule has 0 aliphatic carbocycles. The highest BCUT2D eigenvalue weighted by atomic mass is 16.4. The number of phenols is 1. The van der Waals surface area contributed by atoms with Gasteiger partial charge < -0.3 is 25.4 Å². The average molecular weight is 268 g/mol. The molecule has 0 fully saturated rings. The molecule has 0 radical (unpaired) electrons. The highest BCUT2D eigenvalue weighted by Crippen LogP contribution is 2.32. The van der Waals surface area contributed by atoms with Crippen molar-refractivity contribution >= 4 is 11.4 Å². The first-order valence-electron chi connectivity index (χ1n) is 6.04. The topological polar surface area (TPSA) is 96.5 Å². The Morgan fingerprint density at radius 3 is 2.26 bits per heavy atom. The number of hydrogen-bond donors (Lipinski definition) is 4. The van der Waals surface area contributed by atoms with Crippen LogP contribution >= 0.6 is 0 Å². The van der Waals surface area contributed by atoms with E-state index >= 15 is 0 Å².